The highest BCUT2D eigenvalue weighted by Gasteiger charge is 2.15. The van der Waals surface area contributed by atoms with E-state index in [4.69, 9.17) is 5.73 Å². The number of nitrogens with zero attached hydrogens (tertiary/aromatic N) is 1. The Kier molecular flexibility index (Phi) is 8.22. The van der Waals surface area contributed by atoms with Crippen LogP contribution in [0.3, 0.4) is 0 Å². The number of benzene rings is 2. The lowest BCUT2D eigenvalue weighted by Crippen LogP contribution is -2.35. The number of thioether (sulfide) groups is 1. The number of hydrogen-bond acceptors (Lipinski definition) is 4. The average Bonchev–Trinajstić information content (AvgIpc) is 2.62. The van der Waals surface area contributed by atoms with Crippen molar-refractivity contribution in [1.82, 2.24) is 4.90 Å². The van der Waals surface area contributed by atoms with E-state index in [0.717, 1.165) is 5.56 Å². The molecule has 0 unspecified atom stereocenters. The molecule has 0 aromatic heterocycles. The van der Waals surface area contributed by atoms with Crippen molar-refractivity contribution in [3.63, 3.8) is 0 Å². The molecule has 144 valence electrons. The highest BCUT2D eigenvalue weighted by atomic mass is 32.2. The number of nitrogens with two attached hydrogens (primary N) is 1. The number of halogens is 2. The molecule has 0 heterocycles. The van der Waals surface area contributed by atoms with Gasteiger partial charge in [0.05, 0.1) is 12.2 Å². The normalized spacial score (nSPS) is 11.0. The maximum absolute atomic E-state index is 12.7. The quantitative estimate of drug-likeness (QED) is 0.607. The third kappa shape index (κ3) is 7.76. The second-order valence-corrected chi connectivity index (χ2v) is 6.87. The molecule has 2 rings (SSSR count). The maximum Gasteiger partial charge on any atom is 0.288 e. The van der Waals surface area contributed by atoms with Gasteiger partial charge >= 0.3 is 0 Å². The lowest BCUT2D eigenvalue weighted by Gasteiger charge is -2.21. The summed E-state index contributed by atoms with van der Waals surface area (Å²) in [6.45, 7) is 0.801. The summed E-state index contributed by atoms with van der Waals surface area (Å²) in [6.07, 6.45) is 0.123. The first-order valence-corrected chi connectivity index (χ1v) is 9.20. The van der Waals surface area contributed by atoms with E-state index in [2.05, 4.69) is 5.32 Å². The first-order chi connectivity index (χ1) is 12.9. The van der Waals surface area contributed by atoms with Crippen LogP contribution >= 0.6 is 11.8 Å². The molecule has 2 amide bonds. The van der Waals surface area contributed by atoms with Gasteiger partial charge in [0.25, 0.3) is 5.76 Å². The zero-order valence-corrected chi connectivity index (χ0v) is 15.4. The zero-order valence-electron chi connectivity index (χ0n) is 14.6. The number of hydrogen-bond donors (Lipinski definition) is 2. The Morgan fingerprint density at radius 1 is 1.07 bits per heavy atom. The molecule has 5 nitrogen and oxygen atoms in total. The number of primary amides is 1. The van der Waals surface area contributed by atoms with Crippen molar-refractivity contribution in [2.24, 2.45) is 5.73 Å². The number of amides is 2. The summed E-state index contributed by atoms with van der Waals surface area (Å²) in [5, 5.41) is 2.67. The van der Waals surface area contributed by atoms with Gasteiger partial charge in [0.15, 0.2) is 0 Å². The fourth-order valence-electron chi connectivity index (χ4n) is 2.49. The predicted molar refractivity (Wildman–Crippen MR) is 102 cm³/mol. The predicted octanol–water partition coefficient (Wildman–Crippen LogP) is 3.32. The lowest BCUT2D eigenvalue weighted by atomic mass is 10.2. The fraction of sp³-hybridized carbons (Fsp3) is 0.263. The van der Waals surface area contributed by atoms with Crippen molar-refractivity contribution in [2.45, 2.75) is 23.6 Å². The summed E-state index contributed by atoms with van der Waals surface area (Å²) in [4.78, 5) is 25.6. The van der Waals surface area contributed by atoms with Gasteiger partial charge in [-0.3, -0.25) is 14.5 Å². The summed E-state index contributed by atoms with van der Waals surface area (Å²) in [5.41, 5.74) is 6.54. The SMILES string of the molecule is NC(=O)CCN(CC(=O)Nc1ccccc1SC(F)F)Cc1ccccc1. The monoisotopic (exact) mass is 393 g/mol. The molecule has 2 aromatic carbocycles. The standard InChI is InChI=1S/C19H21F2N3O2S/c20-19(21)27-16-9-5-4-8-15(16)23-18(26)13-24(11-10-17(22)25)12-14-6-2-1-3-7-14/h1-9,19H,10-13H2,(H2,22,25)(H,23,26). The van der Waals surface area contributed by atoms with Crippen LogP contribution in [0.15, 0.2) is 59.5 Å². The van der Waals surface area contributed by atoms with Gasteiger partial charge in [-0.25, -0.2) is 0 Å². The van der Waals surface area contributed by atoms with Crippen LogP contribution in [0.25, 0.3) is 0 Å². The van der Waals surface area contributed by atoms with E-state index >= 15 is 0 Å². The van der Waals surface area contributed by atoms with Gasteiger partial charge in [0.2, 0.25) is 11.8 Å². The third-order valence-corrected chi connectivity index (χ3v) is 4.46. The number of carbonyl (C=O) groups excluding carboxylic acids is 2. The topological polar surface area (TPSA) is 75.4 Å². The van der Waals surface area contributed by atoms with Gasteiger partial charge in [0.1, 0.15) is 0 Å². The molecule has 0 aliphatic heterocycles. The Bertz CT molecular complexity index is 760. The molecular weight excluding hydrogens is 372 g/mol. The molecule has 0 saturated carbocycles. The van der Waals surface area contributed by atoms with Gasteiger partial charge in [-0.15, -0.1) is 0 Å². The zero-order chi connectivity index (χ0) is 19.6. The minimum absolute atomic E-state index is 0.00978. The van der Waals surface area contributed by atoms with E-state index in [1.807, 2.05) is 30.3 Å². The highest BCUT2D eigenvalue weighted by molar-refractivity contribution is 7.99. The first-order valence-electron chi connectivity index (χ1n) is 8.32. The molecule has 8 heteroatoms. The van der Waals surface area contributed by atoms with Crippen molar-refractivity contribution in [3.8, 4) is 0 Å². The van der Waals surface area contributed by atoms with Crippen LogP contribution in [0.1, 0.15) is 12.0 Å². The second-order valence-electron chi connectivity index (χ2n) is 5.84. The van der Waals surface area contributed by atoms with Crippen LogP contribution in [0.5, 0.6) is 0 Å². The number of nitrogens with one attached hydrogen (secondary N) is 1. The molecule has 2 aromatic rings. The maximum atomic E-state index is 12.7. The fourth-order valence-corrected chi connectivity index (χ4v) is 3.08. The molecule has 0 fully saturated rings. The number of para-hydroxylation sites is 1. The van der Waals surface area contributed by atoms with E-state index in [0.29, 0.717) is 35.4 Å². The van der Waals surface area contributed by atoms with Crippen LogP contribution in [-0.2, 0) is 16.1 Å². The largest absolute Gasteiger partial charge is 0.370 e. The number of alkyl halides is 2. The van der Waals surface area contributed by atoms with E-state index in [-0.39, 0.29) is 18.9 Å². The molecule has 3 N–H and O–H groups in total. The lowest BCUT2D eigenvalue weighted by molar-refractivity contribution is -0.120. The third-order valence-electron chi connectivity index (χ3n) is 3.67. The Hall–Kier alpha value is -2.45. The van der Waals surface area contributed by atoms with E-state index in [9.17, 15) is 18.4 Å². The number of anilines is 1. The van der Waals surface area contributed by atoms with Crippen LogP contribution in [0.4, 0.5) is 14.5 Å². The smallest absolute Gasteiger partial charge is 0.288 e. The first kappa shape index (κ1) is 20.9. The molecule has 0 spiro atoms. The Morgan fingerprint density at radius 3 is 2.41 bits per heavy atom. The summed E-state index contributed by atoms with van der Waals surface area (Å²) >= 11 is 0.380. The van der Waals surface area contributed by atoms with E-state index in [1.165, 1.54) is 6.07 Å². The van der Waals surface area contributed by atoms with E-state index < -0.39 is 11.7 Å². The van der Waals surface area contributed by atoms with Crippen LogP contribution in [0, 0.1) is 0 Å². The Labute approximate surface area is 160 Å². The molecular formula is C19H21F2N3O2S. The second kappa shape index (κ2) is 10.6. The van der Waals surface area contributed by atoms with E-state index in [1.54, 1.807) is 23.1 Å². The molecule has 0 bridgehead atoms. The van der Waals surface area contributed by atoms with Crippen molar-refractivity contribution >= 4 is 29.3 Å². The Morgan fingerprint density at radius 2 is 1.74 bits per heavy atom. The highest BCUT2D eigenvalue weighted by Crippen LogP contribution is 2.31. The van der Waals surface area contributed by atoms with Gasteiger partial charge in [-0.05, 0) is 17.7 Å². The number of rotatable bonds is 10. The van der Waals surface area contributed by atoms with Crippen molar-refractivity contribution < 1.29 is 18.4 Å². The molecule has 0 radical (unpaired) electrons. The molecule has 0 aliphatic carbocycles. The van der Waals surface area contributed by atoms with Crippen LogP contribution in [-0.4, -0.2) is 35.6 Å². The minimum atomic E-state index is -2.58. The van der Waals surface area contributed by atoms with Gasteiger partial charge in [-0.1, -0.05) is 54.2 Å². The average molecular weight is 393 g/mol. The summed E-state index contributed by atoms with van der Waals surface area (Å²) in [5.74, 6) is -3.38. The van der Waals surface area contributed by atoms with Gasteiger partial charge < -0.3 is 11.1 Å². The van der Waals surface area contributed by atoms with Crippen molar-refractivity contribution in [1.29, 1.82) is 0 Å². The van der Waals surface area contributed by atoms with Crippen molar-refractivity contribution in [2.75, 3.05) is 18.4 Å². The van der Waals surface area contributed by atoms with Crippen LogP contribution < -0.4 is 11.1 Å². The minimum Gasteiger partial charge on any atom is -0.370 e. The molecule has 0 saturated heterocycles. The Balaban J connectivity index is 2.03. The summed E-state index contributed by atoms with van der Waals surface area (Å²) in [7, 11) is 0. The van der Waals surface area contributed by atoms with Crippen LogP contribution in [0.2, 0.25) is 0 Å². The molecule has 0 atom stereocenters. The number of carbonyl (C=O) groups is 2. The summed E-state index contributed by atoms with van der Waals surface area (Å²) in [6, 6.07) is 15.9. The van der Waals surface area contributed by atoms with Gasteiger partial charge in [-0.2, -0.15) is 8.78 Å². The van der Waals surface area contributed by atoms with Gasteiger partial charge in [0, 0.05) is 24.4 Å². The molecule has 27 heavy (non-hydrogen) atoms. The molecule has 0 aliphatic rings. The summed E-state index contributed by atoms with van der Waals surface area (Å²) < 4.78 is 25.3. The van der Waals surface area contributed by atoms with Crippen molar-refractivity contribution in [3.05, 3.63) is 60.2 Å².